The first-order valence-corrected chi connectivity index (χ1v) is 7.19. The number of aliphatic carboxylic acids is 1. The van der Waals surface area contributed by atoms with Crippen molar-refractivity contribution < 1.29 is 23.1 Å². The Kier molecular flexibility index (Phi) is 3.91. The summed E-state index contributed by atoms with van der Waals surface area (Å²) in [5.41, 5.74) is 0.618. The molecule has 3 N–H and O–H groups in total. The highest BCUT2D eigenvalue weighted by molar-refractivity contribution is 7.89. The topological polar surface area (TPSA) is 105 Å². The van der Waals surface area contributed by atoms with E-state index in [4.69, 9.17) is 9.84 Å². The summed E-state index contributed by atoms with van der Waals surface area (Å²) in [7, 11) is -3.70. The summed E-state index contributed by atoms with van der Waals surface area (Å²) in [4.78, 5) is 10.4. The highest BCUT2D eigenvalue weighted by Crippen LogP contribution is 2.29. The van der Waals surface area contributed by atoms with E-state index < -0.39 is 16.0 Å². The predicted molar refractivity (Wildman–Crippen MR) is 67.9 cm³/mol. The van der Waals surface area contributed by atoms with Crippen LogP contribution in [0.5, 0.6) is 5.75 Å². The maximum absolute atomic E-state index is 11.9. The Morgan fingerprint density at radius 2 is 2.26 bits per heavy atom. The number of fused-ring (bicyclic) bond motifs is 1. The predicted octanol–water partition coefficient (Wildman–Crippen LogP) is 0.244. The second-order valence-corrected chi connectivity index (χ2v) is 5.74. The van der Waals surface area contributed by atoms with Crippen LogP contribution in [0.15, 0.2) is 23.1 Å². The van der Waals surface area contributed by atoms with Gasteiger partial charge in [0, 0.05) is 13.1 Å². The van der Waals surface area contributed by atoms with Crippen molar-refractivity contribution in [1.82, 2.24) is 4.72 Å². The molecule has 1 aliphatic rings. The molecule has 19 heavy (non-hydrogen) atoms. The highest BCUT2D eigenvalue weighted by atomic mass is 32.2. The van der Waals surface area contributed by atoms with Crippen LogP contribution in [0.4, 0.5) is 5.69 Å². The zero-order valence-electron chi connectivity index (χ0n) is 10.0. The fourth-order valence-corrected chi connectivity index (χ4v) is 2.72. The highest BCUT2D eigenvalue weighted by Gasteiger charge is 2.18. The lowest BCUT2D eigenvalue weighted by Crippen LogP contribution is -2.26. The van der Waals surface area contributed by atoms with Gasteiger partial charge >= 0.3 is 5.97 Å². The van der Waals surface area contributed by atoms with Crippen molar-refractivity contribution >= 4 is 21.7 Å². The van der Waals surface area contributed by atoms with Crippen LogP contribution < -0.4 is 14.8 Å². The van der Waals surface area contributed by atoms with Crippen LogP contribution in [0.3, 0.4) is 0 Å². The molecular formula is C11H14N2O5S. The molecule has 0 saturated heterocycles. The second kappa shape index (κ2) is 5.45. The van der Waals surface area contributed by atoms with Crippen molar-refractivity contribution in [3.05, 3.63) is 18.2 Å². The molecule has 0 fully saturated rings. The standard InChI is InChI=1S/C11H14N2O5S/c14-11(15)3-4-13-19(16,17)8-1-2-10-9(7-8)12-5-6-18-10/h1-2,7,12-13H,3-6H2,(H,14,15). The summed E-state index contributed by atoms with van der Waals surface area (Å²) >= 11 is 0. The summed E-state index contributed by atoms with van der Waals surface area (Å²) in [6.45, 7) is 1.01. The van der Waals surface area contributed by atoms with Crippen LogP contribution in [0, 0.1) is 0 Å². The van der Waals surface area contributed by atoms with E-state index in [1.807, 2.05) is 0 Å². The van der Waals surface area contributed by atoms with Gasteiger partial charge < -0.3 is 15.2 Å². The summed E-state index contributed by atoms with van der Waals surface area (Å²) in [6, 6.07) is 4.47. The molecule has 0 amide bonds. The minimum Gasteiger partial charge on any atom is -0.490 e. The first-order chi connectivity index (χ1) is 8.99. The van der Waals surface area contributed by atoms with E-state index in [0.717, 1.165) is 0 Å². The van der Waals surface area contributed by atoms with Gasteiger partial charge in [0.05, 0.1) is 17.0 Å². The minimum atomic E-state index is -3.70. The lowest BCUT2D eigenvalue weighted by molar-refractivity contribution is -0.136. The number of rotatable bonds is 5. The Morgan fingerprint density at radius 1 is 1.47 bits per heavy atom. The lowest BCUT2D eigenvalue weighted by atomic mass is 10.2. The third-order valence-electron chi connectivity index (χ3n) is 2.57. The number of hydrogen-bond donors (Lipinski definition) is 3. The van der Waals surface area contributed by atoms with Gasteiger partial charge in [0.2, 0.25) is 10.0 Å². The lowest BCUT2D eigenvalue weighted by Gasteiger charge is -2.19. The van der Waals surface area contributed by atoms with E-state index in [-0.39, 0.29) is 17.9 Å². The number of hydrogen-bond acceptors (Lipinski definition) is 5. The quantitative estimate of drug-likeness (QED) is 0.716. The molecule has 0 saturated carbocycles. The van der Waals surface area contributed by atoms with Crippen LogP contribution >= 0.6 is 0 Å². The molecule has 1 aromatic carbocycles. The van der Waals surface area contributed by atoms with Gasteiger partial charge in [-0.05, 0) is 18.2 Å². The molecule has 104 valence electrons. The normalized spacial score (nSPS) is 14.1. The molecule has 1 aliphatic heterocycles. The molecule has 0 unspecified atom stereocenters. The number of carboxylic acids is 1. The molecule has 0 radical (unpaired) electrons. The van der Waals surface area contributed by atoms with Gasteiger partial charge in [-0.25, -0.2) is 13.1 Å². The van der Waals surface area contributed by atoms with Crippen molar-refractivity contribution in [3.63, 3.8) is 0 Å². The van der Waals surface area contributed by atoms with Crippen molar-refractivity contribution in [2.24, 2.45) is 0 Å². The van der Waals surface area contributed by atoms with E-state index in [1.165, 1.54) is 12.1 Å². The summed E-state index contributed by atoms with van der Waals surface area (Å²) in [5, 5.41) is 11.5. The van der Waals surface area contributed by atoms with E-state index in [9.17, 15) is 13.2 Å². The number of carbonyl (C=O) groups is 1. The molecule has 1 aromatic rings. The van der Waals surface area contributed by atoms with Crippen LogP contribution in [0.2, 0.25) is 0 Å². The molecule has 0 spiro atoms. The first kappa shape index (κ1) is 13.6. The Hall–Kier alpha value is -1.80. The van der Waals surface area contributed by atoms with Crippen LogP contribution in [-0.4, -0.2) is 39.2 Å². The Bertz CT molecular complexity index is 585. The number of benzene rings is 1. The summed E-state index contributed by atoms with van der Waals surface area (Å²) < 4.78 is 31.4. The van der Waals surface area contributed by atoms with E-state index >= 15 is 0 Å². The number of ether oxygens (including phenoxy) is 1. The van der Waals surface area contributed by atoms with Gasteiger partial charge in [-0.15, -0.1) is 0 Å². The third kappa shape index (κ3) is 3.36. The third-order valence-corrected chi connectivity index (χ3v) is 4.03. The largest absolute Gasteiger partial charge is 0.490 e. The molecule has 0 aromatic heterocycles. The first-order valence-electron chi connectivity index (χ1n) is 5.71. The minimum absolute atomic E-state index is 0.0784. The Morgan fingerprint density at radius 3 is 3.00 bits per heavy atom. The smallest absolute Gasteiger partial charge is 0.304 e. The van der Waals surface area contributed by atoms with E-state index in [1.54, 1.807) is 6.07 Å². The summed E-state index contributed by atoms with van der Waals surface area (Å²) in [6.07, 6.45) is -0.258. The fourth-order valence-electron chi connectivity index (χ4n) is 1.66. The van der Waals surface area contributed by atoms with Crippen LogP contribution in [0.25, 0.3) is 0 Å². The van der Waals surface area contributed by atoms with Gasteiger partial charge in [-0.1, -0.05) is 0 Å². The van der Waals surface area contributed by atoms with Crippen molar-refractivity contribution in [2.45, 2.75) is 11.3 Å². The molecule has 2 rings (SSSR count). The Labute approximate surface area is 110 Å². The van der Waals surface area contributed by atoms with Crippen LogP contribution in [0.1, 0.15) is 6.42 Å². The summed E-state index contributed by atoms with van der Waals surface area (Å²) in [5.74, 6) is -0.445. The van der Waals surface area contributed by atoms with Crippen molar-refractivity contribution in [1.29, 1.82) is 0 Å². The molecule has 7 nitrogen and oxygen atoms in total. The maximum Gasteiger partial charge on any atom is 0.304 e. The van der Waals surface area contributed by atoms with Crippen molar-refractivity contribution in [3.8, 4) is 5.75 Å². The fraction of sp³-hybridized carbons (Fsp3) is 0.364. The molecule has 0 aliphatic carbocycles. The van der Waals surface area contributed by atoms with E-state index in [2.05, 4.69) is 10.0 Å². The van der Waals surface area contributed by atoms with Crippen molar-refractivity contribution in [2.75, 3.05) is 25.0 Å². The molecule has 1 heterocycles. The van der Waals surface area contributed by atoms with Crippen LogP contribution in [-0.2, 0) is 14.8 Å². The molecule has 0 bridgehead atoms. The van der Waals surface area contributed by atoms with Gasteiger partial charge in [-0.2, -0.15) is 0 Å². The average Bonchev–Trinajstić information content (AvgIpc) is 2.37. The molecule has 8 heteroatoms. The van der Waals surface area contributed by atoms with Gasteiger partial charge in [0.1, 0.15) is 12.4 Å². The number of carboxylic acid groups (broad SMARTS) is 1. The average molecular weight is 286 g/mol. The number of nitrogens with one attached hydrogen (secondary N) is 2. The van der Waals surface area contributed by atoms with E-state index in [0.29, 0.717) is 24.6 Å². The van der Waals surface area contributed by atoms with Gasteiger partial charge in [0.15, 0.2) is 0 Å². The monoisotopic (exact) mass is 286 g/mol. The zero-order chi connectivity index (χ0) is 13.9. The van der Waals surface area contributed by atoms with Gasteiger partial charge in [-0.3, -0.25) is 4.79 Å². The maximum atomic E-state index is 11.9. The second-order valence-electron chi connectivity index (χ2n) is 3.97. The van der Waals surface area contributed by atoms with Gasteiger partial charge in [0.25, 0.3) is 0 Å². The Balaban J connectivity index is 2.14. The number of sulfonamides is 1. The SMILES string of the molecule is O=C(O)CCNS(=O)(=O)c1ccc2c(c1)NCCO2. The number of anilines is 1. The molecular weight excluding hydrogens is 272 g/mol. The molecule has 0 atom stereocenters. The zero-order valence-corrected chi connectivity index (χ0v) is 10.9.